The van der Waals surface area contributed by atoms with E-state index in [1.165, 1.54) is 205 Å². The molecule has 0 unspecified atom stereocenters. The van der Waals surface area contributed by atoms with Crippen molar-refractivity contribution in [3.05, 3.63) is 72.9 Å². The fraction of sp³-hybridized carbons (Fsp3) is 0.776. The van der Waals surface area contributed by atoms with Gasteiger partial charge in [-0.2, -0.15) is 0 Å². The Hall–Kier alpha value is -3.15. The molecule has 0 radical (unpaired) electrons. The largest absolute Gasteiger partial charge is 0.462 e. The lowest BCUT2D eigenvalue weighted by molar-refractivity contribution is -0.166. The molecule has 0 N–H and O–H groups in total. The molecule has 0 aromatic heterocycles. The summed E-state index contributed by atoms with van der Waals surface area (Å²) in [5.41, 5.74) is 0. The minimum absolute atomic E-state index is 0.0960. The second-order valence-electron chi connectivity index (χ2n) is 21.0. The molecule has 6 heteroatoms. The molecule has 0 aliphatic rings. The van der Waals surface area contributed by atoms with Gasteiger partial charge < -0.3 is 14.2 Å². The lowest BCUT2D eigenvalue weighted by atomic mass is 10.0. The van der Waals surface area contributed by atoms with Gasteiger partial charge in [0.05, 0.1) is 0 Å². The molecule has 0 aliphatic heterocycles. The van der Waals surface area contributed by atoms with Crippen LogP contribution >= 0.6 is 0 Å². The first-order chi connectivity index (χ1) is 36.0. The summed E-state index contributed by atoms with van der Waals surface area (Å²) in [5, 5.41) is 0. The summed E-state index contributed by atoms with van der Waals surface area (Å²) in [6.07, 6.45) is 79.1. The number of carbonyl (C=O) groups excluding carboxylic acids is 3. The highest BCUT2D eigenvalue weighted by Gasteiger charge is 2.19. The molecule has 0 fully saturated rings. The van der Waals surface area contributed by atoms with Gasteiger partial charge in [-0.25, -0.2) is 0 Å². The van der Waals surface area contributed by atoms with Crippen molar-refractivity contribution < 1.29 is 28.6 Å². The van der Waals surface area contributed by atoms with Crippen LogP contribution < -0.4 is 0 Å². The molecule has 0 bridgehead atoms. The van der Waals surface area contributed by atoms with E-state index in [-0.39, 0.29) is 37.5 Å². The molecule has 73 heavy (non-hydrogen) atoms. The van der Waals surface area contributed by atoms with Crippen molar-refractivity contribution in [2.45, 2.75) is 322 Å². The second-order valence-corrected chi connectivity index (χ2v) is 21.0. The van der Waals surface area contributed by atoms with Crippen LogP contribution in [0.4, 0.5) is 0 Å². The molecule has 0 saturated carbocycles. The number of hydrogen-bond acceptors (Lipinski definition) is 6. The predicted molar refractivity (Wildman–Crippen MR) is 316 cm³/mol. The quantitative estimate of drug-likeness (QED) is 0.0261. The van der Waals surface area contributed by atoms with Gasteiger partial charge in [0, 0.05) is 19.3 Å². The first kappa shape index (κ1) is 69.8. The molecular formula is C67H118O6. The zero-order chi connectivity index (χ0) is 52.9. The van der Waals surface area contributed by atoms with Crippen LogP contribution in [0.25, 0.3) is 0 Å². The number of unbranched alkanes of at least 4 members (excludes halogenated alkanes) is 34. The zero-order valence-corrected chi connectivity index (χ0v) is 48.4. The van der Waals surface area contributed by atoms with Crippen molar-refractivity contribution in [3.63, 3.8) is 0 Å². The third kappa shape index (κ3) is 59.6. The SMILES string of the molecule is CCCCC/C=C\C/C=C\C/C=C\C/C=C\C/C=C\CCC(=O)OC[C@H](COC(=O)CCCCCCCCCCCCCCCCCCC)OC(=O)CCCCCCCCCCC/C=C\CCCCCCCC. The van der Waals surface area contributed by atoms with Crippen LogP contribution in [0.3, 0.4) is 0 Å². The highest BCUT2D eigenvalue weighted by Crippen LogP contribution is 2.16. The number of hydrogen-bond donors (Lipinski definition) is 0. The Morgan fingerprint density at radius 1 is 0.274 bits per heavy atom. The van der Waals surface area contributed by atoms with Crippen LogP contribution in [-0.2, 0) is 28.6 Å². The van der Waals surface area contributed by atoms with Crippen LogP contribution in [0.1, 0.15) is 316 Å². The number of carbonyl (C=O) groups is 3. The molecule has 0 saturated heterocycles. The van der Waals surface area contributed by atoms with Crippen LogP contribution in [0.15, 0.2) is 72.9 Å². The lowest BCUT2D eigenvalue weighted by Crippen LogP contribution is -2.30. The molecule has 422 valence electrons. The number of rotatable bonds is 57. The van der Waals surface area contributed by atoms with E-state index in [0.717, 1.165) is 64.2 Å². The zero-order valence-electron chi connectivity index (χ0n) is 48.4. The average Bonchev–Trinajstić information content (AvgIpc) is 3.39. The van der Waals surface area contributed by atoms with E-state index in [2.05, 4.69) is 87.6 Å². The van der Waals surface area contributed by atoms with Crippen LogP contribution in [0, 0.1) is 0 Å². The van der Waals surface area contributed by atoms with Crippen molar-refractivity contribution in [3.8, 4) is 0 Å². The minimum Gasteiger partial charge on any atom is -0.462 e. The Morgan fingerprint density at radius 2 is 0.521 bits per heavy atom. The van der Waals surface area contributed by atoms with E-state index in [9.17, 15) is 14.4 Å². The third-order valence-electron chi connectivity index (χ3n) is 13.7. The topological polar surface area (TPSA) is 78.9 Å². The summed E-state index contributed by atoms with van der Waals surface area (Å²) >= 11 is 0. The molecule has 1 atom stereocenters. The normalized spacial score (nSPS) is 12.5. The van der Waals surface area contributed by atoms with Crippen LogP contribution in [0.2, 0.25) is 0 Å². The Morgan fingerprint density at radius 3 is 0.890 bits per heavy atom. The van der Waals surface area contributed by atoms with E-state index in [0.29, 0.717) is 19.3 Å². The minimum atomic E-state index is -0.806. The molecule has 0 aromatic rings. The fourth-order valence-electron chi connectivity index (χ4n) is 8.95. The highest BCUT2D eigenvalue weighted by molar-refractivity contribution is 5.71. The monoisotopic (exact) mass is 1020 g/mol. The van der Waals surface area contributed by atoms with Crippen LogP contribution in [-0.4, -0.2) is 37.2 Å². The van der Waals surface area contributed by atoms with Gasteiger partial charge in [0.15, 0.2) is 6.10 Å². The standard InChI is InChI=1S/C67H118O6/c1-4-7-10-13-16-19-22-25-28-31-33-36-39-42-45-48-51-54-57-60-66(69)72-63-64(62-71-65(68)59-56-53-50-47-44-41-38-35-30-27-24-21-18-15-12-9-6-3)73-67(70)61-58-55-52-49-46-43-40-37-34-32-29-26-23-20-17-14-11-8-5-2/h16,19,25-26,28-29,33,36,42,45,51,54,64H,4-15,17-18,20-24,27,30-32,34-35,37-41,43-44,46-50,52-53,55-63H2,1-3H3/b19-16-,28-25-,29-26-,36-33-,45-42-,54-51-/t64-/m0/s1. The van der Waals surface area contributed by atoms with Crippen molar-refractivity contribution in [2.75, 3.05) is 13.2 Å². The number of ether oxygens (including phenoxy) is 3. The van der Waals surface area contributed by atoms with Crippen molar-refractivity contribution >= 4 is 17.9 Å². The first-order valence-electron chi connectivity index (χ1n) is 31.4. The summed E-state index contributed by atoms with van der Waals surface area (Å²) in [4.78, 5) is 38.3. The maximum atomic E-state index is 12.9. The van der Waals surface area contributed by atoms with Gasteiger partial charge in [0.1, 0.15) is 13.2 Å². The Bertz CT molecular complexity index is 1360. The average molecular weight is 1020 g/mol. The van der Waals surface area contributed by atoms with Gasteiger partial charge in [-0.1, -0.05) is 286 Å². The third-order valence-corrected chi connectivity index (χ3v) is 13.7. The molecule has 0 aromatic carbocycles. The van der Waals surface area contributed by atoms with Gasteiger partial charge >= 0.3 is 17.9 Å². The van der Waals surface area contributed by atoms with E-state index in [4.69, 9.17) is 14.2 Å². The van der Waals surface area contributed by atoms with Crippen molar-refractivity contribution in [1.29, 1.82) is 0 Å². The summed E-state index contributed by atoms with van der Waals surface area (Å²) < 4.78 is 16.9. The van der Waals surface area contributed by atoms with Gasteiger partial charge in [-0.3, -0.25) is 14.4 Å². The van der Waals surface area contributed by atoms with Crippen molar-refractivity contribution in [1.82, 2.24) is 0 Å². The molecule has 0 amide bonds. The summed E-state index contributed by atoms with van der Waals surface area (Å²) in [6.45, 7) is 6.58. The van der Waals surface area contributed by atoms with E-state index >= 15 is 0 Å². The van der Waals surface area contributed by atoms with Gasteiger partial charge in [-0.05, 0) is 83.5 Å². The van der Waals surface area contributed by atoms with Crippen LogP contribution in [0.5, 0.6) is 0 Å². The molecule has 0 spiro atoms. The lowest BCUT2D eigenvalue weighted by Gasteiger charge is -2.18. The second kappa shape index (κ2) is 61.4. The first-order valence-corrected chi connectivity index (χ1v) is 31.4. The predicted octanol–water partition coefficient (Wildman–Crippen LogP) is 21.3. The molecular weight excluding hydrogens is 901 g/mol. The number of esters is 3. The van der Waals surface area contributed by atoms with E-state index in [1.54, 1.807) is 0 Å². The van der Waals surface area contributed by atoms with E-state index in [1.807, 2.05) is 6.08 Å². The van der Waals surface area contributed by atoms with Gasteiger partial charge in [-0.15, -0.1) is 0 Å². The Labute approximate surface area is 453 Å². The fourth-order valence-corrected chi connectivity index (χ4v) is 8.95. The molecule has 0 aliphatic carbocycles. The summed E-state index contributed by atoms with van der Waals surface area (Å²) in [7, 11) is 0. The molecule has 0 rings (SSSR count). The van der Waals surface area contributed by atoms with Gasteiger partial charge in [0.2, 0.25) is 0 Å². The maximum absolute atomic E-state index is 12.9. The Balaban J connectivity index is 4.46. The number of allylic oxidation sites excluding steroid dienone is 12. The van der Waals surface area contributed by atoms with E-state index < -0.39 is 6.10 Å². The molecule has 0 heterocycles. The summed E-state index contributed by atoms with van der Waals surface area (Å²) in [5.74, 6) is -0.969. The highest BCUT2D eigenvalue weighted by atomic mass is 16.6. The maximum Gasteiger partial charge on any atom is 0.306 e. The van der Waals surface area contributed by atoms with Crippen molar-refractivity contribution in [2.24, 2.45) is 0 Å². The summed E-state index contributed by atoms with van der Waals surface area (Å²) in [6, 6.07) is 0. The molecule has 6 nitrogen and oxygen atoms in total. The Kier molecular flexibility index (Phi) is 58.7. The van der Waals surface area contributed by atoms with Gasteiger partial charge in [0.25, 0.3) is 0 Å². The smallest absolute Gasteiger partial charge is 0.306 e.